The van der Waals surface area contributed by atoms with Gasteiger partial charge in [-0.2, -0.15) is 5.10 Å². The third-order valence-electron chi connectivity index (χ3n) is 4.11. The van der Waals surface area contributed by atoms with Gasteiger partial charge in [0.25, 0.3) is 0 Å². The van der Waals surface area contributed by atoms with Gasteiger partial charge in [-0.3, -0.25) is 4.79 Å². The number of esters is 1. The molecule has 1 N–H and O–H groups in total. The Morgan fingerprint density at radius 2 is 1.96 bits per heavy atom. The first-order valence-electron chi connectivity index (χ1n) is 8.66. The zero-order valence-electron chi connectivity index (χ0n) is 15.9. The number of amides is 1. The zero-order chi connectivity index (χ0) is 20.0. The molecular weight excluding hydrogens is 366 g/mol. The van der Waals surface area contributed by atoms with Gasteiger partial charge in [0.15, 0.2) is 0 Å². The van der Waals surface area contributed by atoms with Crippen LogP contribution in [-0.2, 0) is 20.9 Å². The second-order valence-electron chi connectivity index (χ2n) is 6.52. The lowest BCUT2D eigenvalue weighted by Gasteiger charge is -2.18. The SMILES string of the molecule is COC(=O)[C@@H](NC(=O)C=Cc1c(C)nn(Cc2ccccc2)c1Cl)C(C)C. The van der Waals surface area contributed by atoms with E-state index >= 15 is 0 Å². The second-order valence-corrected chi connectivity index (χ2v) is 6.88. The van der Waals surface area contributed by atoms with E-state index in [0.717, 1.165) is 5.56 Å². The van der Waals surface area contributed by atoms with Crippen molar-refractivity contribution in [1.82, 2.24) is 15.1 Å². The second kappa shape index (κ2) is 9.37. The van der Waals surface area contributed by atoms with Gasteiger partial charge in [0.05, 0.1) is 19.3 Å². The summed E-state index contributed by atoms with van der Waals surface area (Å²) in [4.78, 5) is 23.9. The van der Waals surface area contributed by atoms with E-state index in [-0.39, 0.29) is 5.92 Å². The summed E-state index contributed by atoms with van der Waals surface area (Å²) in [5.41, 5.74) is 2.46. The molecule has 27 heavy (non-hydrogen) atoms. The van der Waals surface area contributed by atoms with Crippen molar-refractivity contribution in [3.63, 3.8) is 0 Å². The monoisotopic (exact) mass is 389 g/mol. The van der Waals surface area contributed by atoms with Crippen molar-refractivity contribution in [3.05, 3.63) is 58.4 Å². The standard InChI is InChI=1S/C20H24ClN3O3/c1-13(2)18(20(26)27-4)22-17(25)11-10-16-14(3)23-24(19(16)21)12-15-8-6-5-7-9-15/h5-11,13,18H,12H2,1-4H3,(H,22,25)/t18-/m0/s1. The minimum Gasteiger partial charge on any atom is -0.467 e. The van der Waals surface area contributed by atoms with Gasteiger partial charge < -0.3 is 10.1 Å². The molecule has 0 aliphatic heterocycles. The minimum atomic E-state index is -0.704. The van der Waals surface area contributed by atoms with Crippen molar-refractivity contribution < 1.29 is 14.3 Å². The fourth-order valence-corrected chi connectivity index (χ4v) is 2.90. The number of aryl methyl sites for hydroxylation is 1. The van der Waals surface area contributed by atoms with Gasteiger partial charge in [-0.1, -0.05) is 55.8 Å². The summed E-state index contributed by atoms with van der Waals surface area (Å²) in [5.74, 6) is -0.962. The normalized spacial score (nSPS) is 12.4. The van der Waals surface area contributed by atoms with Crippen molar-refractivity contribution in [3.8, 4) is 0 Å². The number of hydrogen-bond donors (Lipinski definition) is 1. The lowest BCUT2D eigenvalue weighted by Crippen LogP contribution is -2.44. The highest BCUT2D eigenvalue weighted by Gasteiger charge is 2.24. The van der Waals surface area contributed by atoms with Gasteiger partial charge in [0.1, 0.15) is 11.2 Å². The molecule has 0 radical (unpaired) electrons. The lowest BCUT2D eigenvalue weighted by molar-refractivity contribution is -0.145. The molecule has 0 aliphatic rings. The maximum Gasteiger partial charge on any atom is 0.328 e. The van der Waals surface area contributed by atoms with E-state index < -0.39 is 17.9 Å². The first-order valence-corrected chi connectivity index (χ1v) is 9.04. The van der Waals surface area contributed by atoms with Crippen LogP contribution in [0.2, 0.25) is 5.15 Å². The number of nitrogens with zero attached hydrogens (tertiary/aromatic N) is 2. The molecule has 0 spiro atoms. The topological polar surface area (TPSA) is 73.2 Å². The number of hydrogen-bond acceptors (Lipinski definition) is 4. The van der Waals surface area contributed by atoms with Crippen LogP contribution in [0.15, 0.2) is 36.4 Å². The Kier molecular flexibility index (Phi) is 7.19. The number of benzene rings is 1. The molecule has 1 atom stereocenters. The van der Waals surface area contributed by atoms with Crippen LogP contribution in [0.1, 0.15) is 30.7 Å². The Balaban J connectivity index is 2.12. The third kappa shape index (κ3) is 5.44. The van der Waals surface area contributed by atoms with Gasteiger partial charge in [-0.15, -0.1) is 0 Å². The molecule has 1 amide bonds. The molecule has 144 valence electrons. The van der Waals surface area contributed by atoms with Gasteiger partial charge in [-0.25, -0.2) is 9.48 Å². The van der Waals surface area contributed by atoms with Gasteiger partial charge in [0.2, 0.25) is 5.91 Å². The van der Waals surface area contributed by atoms with Gasteiger partial charge >= 0.3 is 5.97 Å². The van der Waals surface area contributed by atoms with Crippen molar-refractivity contribution >= 4 is 29.6 Å². The summed E-state index contributed by atoms with van der Waals surface area (Å²) in [5, 5.41) is 7.55. The summed E-state index contributed by atoms with van der Waals surface area (Å²) < 4.78 is 6.41. The molecule has 2 aromatic rings. The van der Waals surface area contributed by atoms with Crippen molar-refractivity contribution in [2.45, 2.75) is 33.4 Å². The molecule has 1 heterocycles. The molecule has 0 fully saturated rings. The lowest BCUT2D eigenvalue weighted by atomic mass is 10.0. The molecule has 0 saturated carbocycles. The molecular formula is C20H24ClN3O3. The van der Waals surface area contributed by atoms with E-state index in [9.17, 15) is 9.59 Å². The highest BCUT2D eigenvalue weighted by molar-refractivity contribution is 6.31. The van der Waals surface area contributed by atoms with Crippen molar-refractivity contribution in [2.24, 2.45) is 5.92 Å². The maximum absolute atomic E-state index is 12.2. The molecule has 7 heteroatoms. The number of aromatic nitrogens is 2. The van der Waals surface area contributed by atoms with E-state index in [2.05, 4.69) is 10.4 Å². The van der Waals surface area contributed by atoms with E-state index in [4.69, 9.17) is 16.3 Å². The molecule has 1 aromatic carbocycles. The predicted octanol–water partition coefficient (Wildman–Crippen LogP) is 3.22. The maximum atomic E-state index is 12.2. The number of methoxy groups -OCH3 is 1. The quantitative estimate of drug-likeness (QED) is 0.583. The Hall–Kier alpha value is -2.60. The Labute approximate surface area is 164 Å². The first kappa shape index (κ1) is 20.7. The number of nitrogens with one attached hydrogen (secondary N) is 1. The number of rotatable bonds is 7. The van der Waals surface area contributed by atoms with Crippen molar-refractivity contribution in [2.75, 3.05) is 7.11 Å². The molecule has 0 saturated heterocycles. The zero-order valence-corrected chi connectivity index (χ0v) is 16.7. The third-order valence-corrected chi connectivity index (χ3v) is 4.50. The molecule has 2 rings (SSSR count). The first-order chi connectivity index (χ1) is 12.8. The molecule has 6 nitrogen and oxygen atoms in total. The predicted molar refractivity (Wildman–Crippen MR) is 105 cm³/mol. The van der Waals surface area contributed by atoms with Crippen LogP contribution < -0.4 is 5.32 Å². The smallest absolute Gasteiger partial charge is 0.328 e. The minimum absolute atomic E-state index is 0.0891. The summed E-state index contributed by atoms with van der Waals surface area (Å²) in [6.07, 6.45) is 2.96. The van der Waals surface area contributed by atoms with Gasteiger partial charge in [0, 0.05) is 11.6 Å². The average molecular weight is 390 g/mol. The van der Waals surface area contributed by atoms with Crippen LogP contribution in [0.3, 0.4) is 0 Å². The van der Waals surface area contributed by atoms with Crippen molar-refractivity contribution in [1.29, 1.82) is 0 Å². The van der Waals surface area contributed by atoms with E-state index in [0.29, 0.717) is 23.0 Å². The Morgan fingerprint density at radius 1 is 1.30 bits per heavy atom. The van der Waals surface area contributed by atoms with E-state index in [1.54, 1.807) is 10.8 Å². The van der Waals surface area contributed by atoms with Crippen LogP contribution >= 0.6 is 11.6 Å². The van der Waals surface area contributed by atoms with E-state index in [1.807, 2.05) is 51.1 Å². The Morgan fingerprint density at radius 3 is 2.56 bits per heavy atom. The van der Waals surface area contributed by atoms with Crippen LogP contribution in [0.4, 0.5) is 0 Å². The molecule has 0 bridgehead atoms. The van der Waals surface area contributed by atoms with E-state index in [1.165, 1.54) is 13.2 Å². The number of carbonyl (C=O) groups excluding carboxylic acids is 2. The number of halogens is 1. The van der Waals surface area contributed by atoms with Crippen LogP contribution in [0, 0.1) is 12.8 Å². The van der Waals surface area contributed by atoms with Crippen LogP contribution in [0.5, 0.6) is 0 Å². The van der Waals surface area contributed by atoms with Crippen LogP contribution in [-0.4, -0.2) is 34.8 Å². The molecule has 0 aliphatic carbocycles. The fourth-order valence-electron chi connectivity index (χ4n) is 2.60. The highest BCUT2D eigenvalue weighted by atomic mass is 35.5. The van der Waals surface area contributed by atoms with Gasteiger partial charge in [-0.05, 0) is 24.5 Å². The summed E-state index contributed by atoms with van der Waals surface area (Å²) in [6.45, 7) is 6.04. The largest absolute Gasteiger partial charge is 0.467 e. The number of carbonyl (C=O) groups is 2. The number of ether oxygens (including phenoxy) is 1. The van der Waals surface area contributed by atoms with Crippen LogP contribution in [0.25, 0.3) is 6.08 Å². The summed E-state index contributed by atoms with van der Waals surface area (Å²) in [6, 6.07) is 9.15. The highest BCUT2D eigenvalue weighted by Crippen LogP contribution is 2.22. The molecule has 0 unspecified atom stereocenters. The summed E-state index contributed by atoms with van der Waals surface area (Å²) >= 11 is 6.44. The average Bonchev–Trinajstić information content (AvgIpc) is 2.91. The fraction of sp³-hybridized carbons (Fsp3) is 0.350. The summed E-state index contributed by atoms with van der Waals surface area (Å²) in [7, 11) is 1.30. The molecule has 1 aromatic heterocycles. The Bertz CT molecular complexity index is 828.